The van der Waals surface area contributed by atoms with Crippen LogP contribution in [-0.2, 0) is 4.79 Å². The summed E-state index contributed by atoms with van der Waals surface area (Å²) in [6, 6.07) is 4.49. The van der Waals surface area contributed by atoms with Crippen LogP contribution in [0.15, 0.2) is 22.7 Å². The average molecular weight is 288 g/mol. The number of hydrogen-bond donors (Lipinski definition) is 1. The van der Waals surface area contributed by atoms with E-state index < -0.39 is 17.8 Å². The number of carbonyl (C=O) groups excluding carboxylic acids is 1. The van der Waals surface area contributed by atoms with E-state index in [9.17, 15) is 14.3 Å². The normalized spacial score (nSPS) is 25.2. The standard InChI is InChI=1S/C11H11BrFNO2/c1-14-5-9(15)10(11(14)16)7-3-2-6(12)4-8(7)13/h2-4,9-10,15H,5H2,1H3. The van der Waals surface area contributed by atoms with E-state index in [4.69, 9.17) is 0 Å². The van der Waals surface area contributed by atoms with Crippen molar-refractivity contribution < 1.29 is 14.3 Å². The number of aliphatic hydroxyl groups is 1. The molecule has 2 rings (SSSR count). The molecule has 3 nitrogen and oxygen atoms in total. The molecule has 0 spiro atoms. The van der Waals surface area contributed by atoms with E-state index in [1.165, 1.54) is 17.0 Å². The van der Waals surface area contributed by atoms with Gasteiger partial charge in [0.1, 0.15) is 5.82 Å². The van der Waals surface area contributed by atoms with Crippen LogP contribution in [-0.4, -0.2) is 35.6 Å². The predicted octanol–water partition coefficient (Wildman–Crippen LogP) is 1.50. The molecule has 5 heteroatoms. The molecule has 1 fully saturated rings. The monoisotopic (exact) mass is 287 g/mol. The van der Waals surface area contributed by atoms with Gasteiger partial charge >= 0.3 is 0 Å². The van der Waals surface area contributed by atoms with Crippen LogP contribution in [0.3, 0.4) is 0 Å². The lowest BCUT2D eigenvalue weighted by molar-refractivity contribution is -0.128. The van der Waals surface area contributed by atoms with Crippen LogP contribution in [0.25, 0.3) is 0 Å². The minimum atomic E-state index is -0.840. The second-order valence-corrected chi connectivity index (χ2v) is 4.85. The van der Waals surface area contributed by atoms with Crippen LogP contribution in [0.1, 0.15) is 11.5 Å². The maximum Gasteiger partial charge on any atom is 0.232 e. The smallest absolute Gasteiger partial charge is 0.232 e. The van der Waals surface area contributed by atoms with Gasteiger partial charge in [-0.3, -0.25) is 4.79 Å². The molecule has 1 aromatic carbocycles. The number of rotatable bonds is 1. The first-order valence-corrected chi connectivity index (χ1v) is 5.68. The van der Waals surface area contributed by atoms with Crippen LogP contribution in [0.5, 0.6) is 0 Å². The second kappa shape index (κ2) is 4.14. The van der Waals surface area contributed by atoms with Crippen molar-refractivity contribution in [1.29, 1.82) is 0 Å². The van der Waals surface area contributed by atoms with Crippen LogP contribution >= 0.6 is 15.9 Å². The van der Waals surface area contributed by atoms with Crippen LogP contribution in [0.2, 0.25) is 0 Å². The fourth-order valence-corrected chi connectivity index (χ4v) is 2.31. The van der Waals surface area contributed by atoms with Gasteiger partial charge in [0.05, 0.1) is 12.0 Å². The molecule has 0 radical (unpaired) electrons. The lowest BCUT2D eigenvalue weighted by Gasteiger charge is -2.13. The summed E-state index contributed by atoms with van der Waals surface area (Å²) in [6.07, 6.45) is -0.840. The Morgan fingerprint density at radius 2 is 2.25 bits per heavy atom. The fourth-order valence-electron chi connectivity index (χ4n) is 1.97. The molecular formula is C11H11BrFNO2. The number of likely N-dealkylation sites (N-methyl/N-ethyl adjacent to an activating group) is 1. The Morgan fingerprint density at radius 3 is 2.75 bits per heavy atom. The SMILES string of the molecule is CN1CC(O)C(c2ccc(Br)cc2F)C1=O. The van der Waals surface area contributed by atoms with E-state index in [-0.39, 0.29) is 18.0 Å². The van der Waals surface area contributed by atoms with Crippen LogP contribution in [0, 0.1) is 5.82 Å². The lowest BCUT2D eigenvalue weighted by Crippen LogP contribution is -2.22. The topological polar surface area (TPSA) is 40.5 Å². The van der Waals surface area contributed by atoms with E-state index >= 15 is 0 Å². The molecule has 16 heavy (non-hydrogen) atoms. The van der Waals surface area contributed by atoms with Crippen molar-refractivity contribution in [1.82, 2.24) is 4.90 Å². The highest BCUT2D eigenvalue weighted by Gasteiger charge is 2.39. The van der Waals surface area contributed by atoms with Crippen molar-refractivity contribution in [2.75, 3.05) is 13.6 Å². The second-order valence-electron chi connectivity index (χ2n) is 3.93. The molecule has 0 saturated carbocycles. The quantitative estimate of drug-likeness (QED) is 0.851. The number of benzene rings is 1. The molecule has 1 aromatic rings. The first kappa shape index (κ1) is 11.5. The highest BCUT2D eigenvalue weighted by Crippen LogP contribution is 2.31. The highest BCUT2D eigenvalue weighted by atomic mass is 79.9. The summed E-state index contributed by atoms with van der Waals surface area (Å²) < 4.78 is 14.3. The summed E-state index contributed by atoms with van der Waals surface area (Å²) in [5.74, 6) is -1.49. The molecule has 1 aliphatic heterocycles. The third-order valence-electron chi connectivity index (χ3n) is 2.79. The van der Waals surface area contributed by atoms with Crippen molar-refractivity contribution in [2.24, 2.45) is 0 Å². The third-order valence-corrected chi connectivity index (χ3v) is 3.28. The van der Waals surface area contributed by atoms with Crippen molar-refractivity contribution in [3.8, 4) is 0 Å². The van der Waals surface area contributed by atoms with Gasteiger partial charge in [0.2, 0.25) is 5.91 Å². The summed E-state index contributed by atoms with van der Waals surface area (Å²) in [7, 11) is 1.60. The first-order valence-electron chi connectivity index (χ1n) is 4.88. The third kappa shape index (κ3) is 1.85. The van der Waals surface area contributed by atoms with E-state index in [1.54, 1.807) is 13.1 Å². The van der Waals surface area contributed by atoms with E-state index in [2.05, 4.69) is 15.9 Å². The van der Waals surface area contributed by atoms with Crippen molar-refractivity contribution >= 4 is 21.8 Å². The van der Waals surface area contributed by atoms with Gasteiger partial charge in [0.25, 0.3) is 0 Å². The summed E-state index contributed by atoms with van der Waals surface area (Å²) >= 11 is 3.15. The zero-order chi connectivity index (χ0) is 11.9. The van der Waals surface area contributed by atoms with Gasteiger partial charge in [-0.2, -0.15) is 0 Å². The Bertz CT molecular complexity index is 438. The number of likely N-dealkylation sites (tertiary alicyclic amines) is 1. The number of nitrogens with zero attached hydrogens (tertiary/aromatic N) is 1. The Balaban J connectivity index is 2.40. The van der Waals surface area contributed by atoms with Gasteiger partial charge < -0.3 is 10.0 Å². The maximum absolute atomic E-state index is 13.7. The zero-order valence-electron chi connectivity index (χ0n) is 8.65. The van der Waals surface area contributed by atoms with Gasteiger partial charge in [-0.1, -0.05) is 22.0 Å². The lowest BCUT2D eigenvalue weighted by atomic mass is 9.95. The van der Waals surface area contributed by atoms with Gasteiger partial charge in [-0.15, -0.1) is 0 Å². The number of carbonyl (C=O) groups is 1. The fraction of sp³-hybridized carbons (Fsp3) is 0.364. The molecule has 86 valence electrons. The number of halogens is 2. The van der Waals surface area contributed by atoms with Crippen LogP contribution < -0.4 is 0 Å². The van der Waals surface area contributed by atoms with Gasteiger partial charge in [-0.05, 0) is 12.1 Å². The predicted molar refractivity (Wildman–Crippen MR) is 60.5 cm³/mol. The van der Waals surface area contributed by atoms with Crippen molar-refractivity contribution in [2.45, 2.75) is 12.0 Å². The number of amides is 1. The number of β-amino-alcohol motifs (C(OH)–C–C–N with tert-alkyl or cyclic N) is 1. The van der Waals surface area contributed by atoms with Crippen molar-refractivity contribution in [3.63, 3.8) is 0 Å². The largest absolute Gasteiger partial charge is 0.390 e. The van der Waals surface area contributed by atoms with E-state index in [0.717, 1.165) is 0 Å². The molecule has 1 heterocycles. The Morgan fingerprint density at radius 1 is 1.56 bits per heavy atom. The summed E-state index contributed by atoms with van der Waals surface area (Å²) in [5.41, 5.74) is 0.255. The minimum absolute atomic E-state index is 0.242. The van der Waals surface area contributed by atoms with Crippen LogP contribution in [0.4, 0.5) is 4.39 Å². The Labute approximate surface area is 101 Å². The average Bonchev–Trinajstić information content (AvgIpc) is 2.43. The zero-order valence-corrected chi connectivity index (χ0v) is 10.2. The molecule has 1 aliphatic rings. The minimum Gasteiger partial charge on any atom is -0.390 e. The molecule has 0 bridgehead atoms. The van der Waals surface area contributed by atoms with E-state index in [0.29, 0.717) is 4.47 Å². The summed E-state index contributed by atoms with van der Waals surface area (Å²) in [4.78, 5) is 13.2. The van der Waals surface area contributed by atoms with Crippen molar-refractivity contribution in [3.05, 3.63) is 34.1 Å². The summed E-state index contributed by atoms with van der Waals surface area (Å²) in [5, 5.41) is 9.74. The van der Waals surface area contributed by atoms with Gasteiger partial charge in [0.15, 0.2) is 0 Å². The van der Waals surface area contributed by atoms with E-state index in [1.807, 2.05) is 0 Å². The Hall–Kier alpha value is -0.940. The molecule has 1 amide bonds. The van der Waals surface area contributed by atoms with Gasteiger partial charge in [-0.25, -0.2) is 4.39 Å². The molecule has 0 aliphatic carbocycles. The molecular weight excluding hydrogens is 277 g/mol. The molecule has 1 N–H and O–H groups in total. The first-order chi connectivity index (χ1) is 7.50. The highest BCUT2D eigenvalue weighted by molar-refractivity contribution is 9.10. The Kier molecular flexibility index (Phi) is 2.99. The van der Waals surface area contributed by atoms with Gasteiger partial charge in [0, 0.05) is 23.6 Å². The molecule has 2 unspecified atom stereocenters. The molecule has 1 saturated heterocycles. The summed E-state index contributed by atoms with van der Waals surface area (Å²) in [6.45, 7) is 0.249. The molecule has 0 aromatic heterocycles. The number of hydrogen-bond acceptors (Lipinski definition) is 2. The maximum atomic E-state index is 13.7. The number of aliphatic hydroxyl groups excluding tert-OH is 1. The molecule has 2 atom stereocenters.